The standard InChI is InChI=1S/C22H33N5O2S/c1-5-6-17-7-13-20(14-8-17)30(28,29)26-19-11-9-18(10-12-19)25-21-15-22(27(3)4)24-16(2)23-21/h7-8,13-15,18-19,26H,5-6,9-12H2,1-4H3,(H,23,24,25). The third-order valence-corrected chi connectivity index (χ3v) is 6.99. The maximum atomic E-state index is 12.7. The summed E-state index contributed by atoms with van der Waals surface area (Å²) >= 11 is 0. The molecule has 2 aromatic rings. The van der Waals surface area contributed by atoms with Crippen molar-refractivity contribution in [3.63, 3.8) is 0 Å². The van der Waals surface area contributed by atoms with Gasteiger partial charge in [-0.1, -0.05) is 25.5 Å². The van der Waals surface area contributed by atoms with Crippen LogP contribution in [0, 0.1) is 6.92 Å². The fourth-order valence-corrected chi connectivity index (χ4v) is 5.14. The number of nitrogens with one attached hydrogen (secondary N) is 2. The van der Waals surface area contributed by atoms with Gasteiger partial charge in [-0.05, 0) is 56.7 Å². The van der Waals surface area contributed by atoms with E-state index in [1.54, 1.807) is 12.1 Å². The molecule has 0 amide bonds. The molecule has 1 saturated carbocycles. The molecule has 0 saturated heterocycles. The Morgan fingerprint density at radius 1 is 1.03 bits per heavy atom. The van der Waals surface area contributed by atoms with E-state index in [9.17, 15) is 8.42 Å². The van der Waals surface area contributed by atoms with E-state index in [-0.39, 0.29) is 12.1 Å². The van der Waals surface area contributed by atoms with Crippen molar-refractivity contribution in [2.45, 2.75) is 69.4 Å². The molecule has 1 aromatic carbocycles. The lowest BCUT2D eigenvalue weighted by Gasteiger charge is -2.30. The van der Waals surface area contributed by atoms with E-state index >= 15 is 0 Å². The molecule has 1 aromatic heterocycles. The van der Waals surface area contributed by atoms with Crippen molar-refractivity contribution in [2.75, 3.05) is 24.3 Å². The lowest BCUT2D eigenvalue weighted by molar-refractivity contribution is 0.387. The first-order chi connectivity index (χ1) is 14.3. The number of hydrogen-bond donors (Lipinski definition) is 2. The first-order valence-electron chi connectivity index (χ1n) is 10.7. The zero-order valence-corrected chi connectivity index (χ0v) is 19.2. The van der Waals surface area contributed by atoms with Crippen LogP contribution >= 0.6 is 0 Å². The van der Waals surface area contributed by atoms with Gasteiger partial charge in [-0.3, -0.25) is 0 Å². The van der Waals surface area contributed by atoms with Crippen LogP contribution in [0.4, 0.5) is 11.6 Å². The summed E-state index contributed by atoms with van der Waals surface area (Å²) in [7, 11) is 0.432. The van der Waals surface area contributed by atoms with Gasteiger partial charge in [0.15, 0.2) is 0 Å². The number of rotatable bonds is 8. The molecule has 8 heteroatoms. The van der Waals surface area contributed by atoms with E-state index in [1.165, 1.54) is 5.56 Å². The summed E-state index contributed by atoms with van der Waals surface area (Å²) in [5, 5.41) is 3.50. The summed E-state index contributed by atoms with van der Waals surface area (Å²) < 4.78 is 28.4. The predicted molar refractivity (Wildman–Crippen MR) is 122 cm³/mol. The van der Waals surface area contributed by atoms with Gasteiger partial charge < -0.3 is 10.2 Å². The zero-order valence-electron chi connectivity index (χ0n) is 18.4. The third-order valence-electron chi connectivity index (χ3n) is 5.46. The molecule has 0 unspecified atom stereocenters. The Bertz CT molecular complexity index is 937. The van der Waals surface area contributed by atoms with Gasteiger partial charge in [-0.2, -0.15) is 0 Å². The average molecular weight is 432 g/mol. The molecule has 1 aliphatic rings. The Hall–Kier alpha value is -2.19. The maximum absolute atomic E-state index is 12.7. The number of hydrogen-bond acceptors (Lipinski definition) is 6. The molecule has 1 heterocycles. The smallest absolute Gasteiger partial charge is 0.240 e. The molecule has 7 nitrogen and oxygen atoms in total. The summed E-state index contributed by atoms with van der Waals surface area (Å²) in [4.78, 5) is 11.2. The van der Waals surface area contributed by atoms with Crippen molar-refractivity contribution < 1.29 is 8.42 Å². The second-order valence-electron chi connectivity index (χ2n) is 8.26. The number of sulfonamides is 1. The number of nitrogens with zero attached hydrogens (tertiary/aromatic N) is 3. The van der Waals surface area contributed by atoms with E-state index in [0.29, 0.717) is 4.90 Å². The molecule has 1 fully saturated rings. The first-order valence-corrected chi connectivity index (χ1v) is 12.2. The summed E-state index contributed by atoms with van der Waals surface area (Å²) in [5.41, 5.74) is 1.17. The minimum absolute atomic E-state index is 0.0344. The van der Waals surface area contributed by atoms with Gasteiger partial charge >= 0.3 is 0 Å². The quantitative estimate of drug-likeness (QED) is 0.665. The maximum Gasteiger partial charge on any atom is 0.240 e. The highest BCUT2D eigenvalue weighted by atomic mass is 32.2. The monoisotopic (exact) mass is 431 g/mol. The Morgan fingerprint density at radius 2 is 1.67 bits per heavy atom. The molecule has 3 rings (SSSR count). The summed E-state index contributed by atoms with van der Waals surface area (Å²) in [5.74, 6) is 2.42. The summed E-state index contributed by atoms with van der Waals surface area (Å²) in [6.45, 7) is 4.00. The normalized spacial score (nSPS) is 19.5. The largest absolute Gasteiger partial charge is 0.367 e. The zero-order chi connectivity index (χ0) is 21.7. The van der Waals surface area contributed by atoms with Gasteiger partial charge in [0, 0.05) is 32.2 Å². The van der Waals surface area contributed by atoms with Crippen LogP contribution in [0.25, 0.3) is 0 Å². The number of anilines is 2. The van der Waals surface area contributed by atoms with Crippen molar-refractivity contribution >= 4 is 21.7 Å². The minimum atomic E-state index is -3.49. The number of benzene rings is 1. The molecule has 1 aliphatic carbocycles. The Morgan fingerprint density at radius 3 is 2.27 bits per heavy atom. The molecule has 164 valence electrons. The Labute approximate surface area is 180 Å². The van der Waals surface area contributed by atoms with Gasteiger partial charge in [0.05, 0.1) is 4.90 Å². The number of aromatic nitrogens is 2. The van der Waals surface area contributed by atoms with Gasteiger partial charge in [-0.15, -0.1) is 0 Å². The third kappa shape index (κ3) is 5.92. The van der Waals surface area contributed by atoms with Crippen LogP contribution in [-0.2, 0) is 16.4 Å². The average Bonchev–Trinajstić information content (AvgIpc) is 2.69. The van der Waals surface area contributed by atoms with Crippen molar-refractivity contribution in [1.82, 2.24) is 14.7 Å². The molecule has 0 radical (unpaired) electrons. The van der Waals surface area contributed by atoms with Gasteiger partial charge in [0.2, 0.25) is 10.0 Å². The number of aryl methyl sites for hydroxylation is 2. The fourth-order valence-electron chi connectivity index (χ4n) is 3.83. The van der Waals surface area contributed by atoms with E-state index < -0.39 is 10.0 Å². The van der Waals surface area contributed by atoms with E-state index in [4.69, 9.17) is 0 Å². The lowest BCUT2D eigenvalue weighted by Crippen LogP contribution is -2.40. The molecular formula is C22H33N5O2S. The predicted octanol–water partition coefficient (Wildman–Crippen LogP) is 3.51. The van der Waals surface area contributed by atoms with Crippen LogP contribution < -0.4 is 14.9 Å². The van der Waals surface area contributed by atoms with Crippen molar-refractivity contribution in [3.05, 3.63) is 41.7 Å². The molecule has 0 aliphatic heterocycles. The molecule has 0 atom stereocenters. The SMILES string of the molecule is CCCc1ccc(S(=O)(=O)NC2CCC(Nc3cc(N(C)C)nc(C)n3)CC2)cc1. The van der Waals surface area contributed by atoms with Crippen LogP contribution in [-0.4, -0.2) is 44.6 Å². The highest BCUT2D eigenvalue weighted by Crippen LogP contribution is 2.24. The fraction of sp³-hybridized carbons (Fsp3) is 0.545. The molecule has 30 heavy (non-hydrogen) atoms. The molecule has 0 bridgehead atoms. The lowest BCUT2D eigenvalue weighted by atomic mass is 9.92. The second-order valence-corrected chi connectivity index (χ2v) is 9.98. The highest BCUT2D eigenvalue weighted by Gasteiger charge is 2.26. The van der Waals surface area contributed by atoms with Gasteiger partial charge in [0.25, 0.3) is 0 Å². The van der Waals surface area contributed by atoms with E-state index in [1.807, 2.05) is 44.1 Å². The van der Waals surface area contributed by atoms with Crippen molar-refractivity contribution in [2.24, 2.45) is 0 Å². The minimum Gasteiger partial charge on any atom is -0.367 e. The van der Waals surface area contributed by atoms with Crippen LogP contribution in [0.3, 0.4) is 0 Å². The summed E-state index contributed by atoms with van der Waals surface area (Å²) in [6, 6.07) is 9.43. The molecule has 2 N–H and O–H groups in total. The first kappa shape index (κ1) is 22.5. The van der Waals surface area contributed by atoms with Crippen LogP contribution in [0.5, 0.6) is 0 Å². The van der Waals surface area contributed by atoms with E-state index in [2.05, 4.69) is 26.9 Å². The van der Waals surface area contributed by atoms with Crippen LogP contribution in [0.15, 0.2) is 35.2 Å². The van der Waals surface area contributed by atoms with Crippen molar-refractivity contribution in [3.8, 4) is 0 Å². The Balaban J connectivity index is 1.55. The van der Waals surface area contributed by atoms with Crippen molar-refractivity contribution in [1.29, 1.82) is 0 Å². The molecular weight excluding hydrogens is 398 g/mol. The topological polar surface area (TPSA) is 87.2 Å². The van der Waals surface area contributed by atoms with Gasteiger partial charge in [0.1, 0.15) is 17.5 Å². The molecule has 0 spiro atoms. The highest BCUT2D eigenvalue weighted by molar-refractivity contribution is 7.89. The van der Waals surface area contributed by atoms with Gasteiger partial charge in [-0.25, -0.2) is 23.1 Å². The Kier molecular flexibility index (Phi) is 7.31. The van der Waals surface area contributed by atoms with E-state index in [0.717, 1.165) is 56.0 Å². The van der Waals surface area contributed by atoms with Crippen LogP contribution in [0.2, 0.25) is 0 Å². The van der Waals surface area contributed by atoms with Crippen LogP contribution in [0.1, 0.15) is 50.4 Å². The summed E-state index contributed by atoms with van der Waals surface area (Å²) in [6.07, 6.45) is 5.40. The second kappa shape index (κ2) is 9.75.